The molecule has 11 heteroatoms. The van der Waals surface area contributed by atoms with Crippen molar-refractivity contribution in [2.45, 2.75) is 65.0 Å². The van der Waals surface area contributed by atoms with Crippen molar-refractivity contribution in [1.29, 1.82) is 0 Å². The summed E-state index contributed by atoms with van der Waals surface area (Å²) in [4.78, 5) is 43.3. The Morgan fingerprint density at radius 3 is 2.49 bits per heavy atom. The first-order valence-corrected chi connectivity index (χ1v) is 15.4. The fourth-order valence-electron chi connectivity index (χ4n) is 5.78. The van der Waals surface area contributed by atoms with Gasteiger partial charge in [-0.15, -0.1) is 0 Å². The Kier molecular flexibility index (Phi) is 10.0. The van der Waals surface area contributed by atoms with E-state index in [9.17, 15) is 9.59 Å². The average molecular weight is 586 g/mol. The molecule has 0 radical (unpaired) electrons. The van der Waals surface area contributed by atoms with Crippen molar-refractivity contribution in [3.05, 3.63) is 75.7 Å². The highest BCUT2D eigenvalue weighted by Crippen LogP contribution is 2.23. The lowest BCUT2D eigenvalue weighted by Crippen LogP contribution is -2.35. The van der Waals surface area contributed by atoms with E-state index in [1.54, 1.807) is 0 Å². The Bertz CT molecular complexity index is 1550. The number of fused-ring (bicyclic) bond motifs is 1. The molecule has 1 saturated heterocycles. The molecule has 1 amide bonds. The number of hydrogen-bond donors (Lipinski definition) is 4. The van der Waals surface area contributed by atoms with E-state index < -0.39 is 0 Å². The van der Waals surface area contributed by atoms with Crippen LogP contribution in [0.2, 0.25) is 0 Å². The van der Waals surface area contributed by atoms with Gasteiger partial charge in [-0.1, -0.05) is 44.0 Å². The van der Waals surface area contributed by atoms with Crippen LogP contribution in [0.25, 0.3) is 11.0 Å². The smallest absolute Gasteiger partial charge is 0.326 e. The second-order valence-corrected chi connectivity index (χ2v) is 11.5. The van der Waals surface area contributed by atoms with Crippen molar-refractivity contribution in [3.63, 3.8) is 0 Å². The van der Waals surface area contributed by atoms with Gasteiger partial charge in [-0.3, -0.25) is 14.3 Å². The Labute approximate surface area is 252 Å². The number of anilines is 2. The summed E-state index contributed by atoms with van der Waals surface area (Å²) < 4.78 is 1.81. The van der Waals surface area contributed by atoms with E-state index in [0.717, 1.165) is 86.3 Å². The molecular formula is C32H43N9O2. The Hall–Kier alpha value is -4.25. The van der Waals surface area contributed by atoms with Crippen LogP contribution in [-0.4, -0.2) is 62.0 Å². The van der Waals surface area contributed by atoms with Crippen molar-refractivity contribution in [3.8, 4) is 0 Å². The number of benzene rings is 1. The molecule has 43 heavy (non-hydrogen) atoms. The van der Waals surface area contributed by atoms with Crippen LogP contribution in [0, 0.1) is 5.92 Å². The summed E-state index contributed by atoms with van der Waals surface area (Å²) in [6, 6.07) is 10.7. The normalized spacial score (nSPS) is 14.3. The highest BCUT2D eigenvalue weighted by atomic mass is 16.2. The first kappa shape index (κ1) is 30.2. The molecule has 4 heterocycles. The second-order valence-electron chi connectivity index (χ2n) is 11.5. The van der Waals surface area contributed by atoms with Gasteiger partial charge in [0, 0.05) is 25.8 Å². The standard InChI is InChI=1S/C32H43N9O2/c1-3-4-5-6-25-17-27-29(30(34-2)38-25)39-32(43)41(27)21-24-9-7-23(8-10-24)20-40-15-12-22(13-16-40)11-14-35-31(42)26-18-37-28(33)19-36-26/h7-10,17-19,22H,3-6,11-16,20-21H2,1-2H3,(H2,33,37)(H,34,38)(H,35,42)(H,39,43). The molecule has 0 atom stereocenters. The molecule has 1 aliphatic rings. The Morgan fingerprint density at radius 2 is 1.81 bits per heavy atom. The van der Waals surface area contributed by atoms with Crippen molar-refractivity contribution < 1.29 is 4.79 Å². The molecule has 0 saturated carbocycles. The van der Waals surface area contributed by atoms with Gasteiger partial charge in [0.25, 0.3) is 5.91 Å². The van der Waals surface area contributed by atoms with Gasteiger partial charge in [0.2, 0.25) is 0 Å². The molecule has 5 N–H and O–H groups in total. The maximum atomic E-state index is 12.9. The number of likely N-dealkylation sites (tertiary alicyclic amines) is 1. The minimum atomic E-state index is -0.213. The van der Waals surface area contributed by atoms with Gasteiger partial charge in [0.15, 0.2) is 5.82 Å². The number of piperidine rings is 1. The van der Waals surface area contributed by atoms with Crippen LogP contribution >= 0.6 is 0 Å². The third-order valence-corrected chi connectivity index (χ3v) is 8.31. The highest BCUT2D eigenvalue weighted by molar-refractivity contribution is 5.92. The summed E-state index contributed by atoms with van der Waals surface area (Å²) in [6.45, 7) is 6.32. The summed E-state index contributed by atoms with van der Waals surface area (Å²) in [6.07, 6.45) is 10.3. The molecular weight excluding hydrogens is 542 g/mol. The molecule has 228 valence electrons. The van der Waals surface area contributed by atoms with Crippen molar-refractivity contribution in [1.82, 2.24) is 34.7 Å². The third kappa shape index (κ3) is 7.78. The second kappa shape index (κ2) is 14.3. The summed E-state index contributed by atoms with van der Waals surface area (Å²) in [5.74, 6) is 1.40. The minimum absolute atomic E-state index is 0.121. The van der Waals surface area contributed by atoms with Crippen LogP contribution < -0.4 is 22.1 Å². The number of rotatable bonds is 13. The van der Waals surface area contributed by atoms with Crippen LogP contribution in [0.3, 0.4) is 0 Å². The molecule has 5 rings (SSSR count). The van der Waals surface area contributed by atoms with Crippen LogP contribution in [0.1, 0.15) is 72.8 Å². The van der Waals surface area contributed by atoms with Gasteiger partial charge in [0.05, 0.1) is 24.5 Å². The van der Waals surface area contributed by atoms with Crippen molar-refractivity contribution in [2.24, 2.45) is 5.92 Å². The van der Waals surface area contributed by atoms with Gasteiger partial charge in [0.1, 0.15) is 17.0 Å². The number of amides is 1. The third-order valence-electron chi connectivity index (χ3n) is 8.31. The first-order chi connectivity index (χ1) is 20.9. The average Bonchev–Trinajstić information content (AvgIpc) is 3.33. The number of hydrogen-bond acceptors (Lipinski definition) is 8. The lowest BCUT2D eigenvalue weighted by molar-refractivity contribution is 0.0942. The van der Waals surface area contributed by atoms with Crippen LogP contribution in [0.4, 0.5) is 11.6 Å². The predicted octanol–water partition coefficient (Wildman–Crippen LogP) is 3.95. The summed E-state index contributed by atoms with van der Waals surface area (Å²) in [7, 11) is 1.84. The van der Waals surface area contributed by atoms with Crippen molar-refractivity contribution in [2.75, 3.05) is 37.7 Å². The fraction of sp³-hybridized carbons (Fsp3) is 0.469. The Morgan fingerprint density at radius 1 is 1.07 bits per heavy atom. The van der Waals surface area contributed by atoms with E-state index in [4.69, 9.17) is 10.7 Å². The summed E-state index contributed by atoms with van der Waals surface area (Å²) in [5.41, 5.74) is 10.7. The zero-order valence-electron chi connectivity index (χ0n) is 25.2. The number of nitrogens with one attached hydrogen (secondary N) is 3. The number of carbonyl (C=O) groups excluding carboxylic acids is 1. The number of aromatic nitrogens is 5. The molecule has 1 fully saturated rings. The molecule has 0 spiro atoms. The van der Waals surface area contributed by atoms with E-state index in [2.05, 4.69) is 67.7 Å². The number of aromatic amines is 1. The van der Waals surface area contributed by atoms with E-state index in [0.29, 0.717) is 24.8 Å². The number of H-pyrrole nitrogens is 1. The van der Waals surface area contributed by atoms with Gasteiger partial charge in [-0.05, 0) is 68.3 Å². The van der Waals surface area contributed by atoms with Gasteiger partial charge >= 0.3 is 5.69 Å². The molecule has 0 bridgehead atoms. The number of carbonyl (C=O) groups is 1. The highest BCUT2D eigenvalue weighted by Gasteiger charge is 2.20. The molecule has 0 unspecified atom stereocenters. The van der Waals surface area contributed by atoms with Crippen molar-refractivity contribution >= 4 is 28.6 Å². The lowest BCUT2D eigenvalue weighted by Gasteiger charge is -2.32. The SMILES string of the molecule is CCCCCc1cc2c([nH]c(=O)n2Cc2ccc(CN3CCC(CCNC(=O)c4cnc(N)cn4)CC3)cc2)c(NC)n1. The van der Waals surface area contributed by atoms with Gasteiger partial charge in [-0.25, -0.2) is 19.7 Å². The van der Waals surface area contributed by atoms with Crippen LogP contribution in [0.15, 0.2) is 47.5 Å². The minimum Gasteiger partial charge on any atom is -0.382 e. The van der Waals surface area contributed by atoms with Gasteiger partial charge < -0.3 is 21.4 Å². The maximum Gasteiger partial charge on any atom is 0.326 e. The monoisotopic (exact) mass is 585 g/mol. The Balaban J connectivity index is 1.11. The topological polar surface area (TPSA) is 147 Å². The van der Waals surface area contributed by atoms with Crippen LogP contribution in [-0.2, 0) is 19.5 Å². The quantitative estimate of drug-likeness (QED) is 0.173. The number of nitrogens with two attached hydrogens (primary N) is 1. The lowest BCUT2D eigenvalue weighted by atomic mass is 9.93. The molecule has 3 aromatic heterocycles. The van der Waals surface area contributed by atoms with Gasteiger partial charge in [-0.2, -0.15) is 0 Å². The summed E-state index contributed by atoms with van der Waals surface area (Å²) >= 11 is 0. The number of aryl methyl sites for hydroxylation is 1. The predicted molar refractivity (Wildman–Crippen MR) is 170 cm³/mol. The van der Waals surface area contributed by atoms with Crippen LogP contribution in [0.5, 0.6) is 0 Å². The number of imidazole rings is 1. The zero-order valence-corrected chi connectivity index (χ0v) is 25.2. The zero-order chi connectivity index (χ0) is 30.2. The van der Waals surface area contributed by atoms with E-state index in [1.807, 2.05) is 11.6 Å². The van der Waals surface area contributed by atoms with E-state index in [-0.39, 0.29) is 17.3 Å². The number of nitrogens with zero attached hydrogens (tertiary/aromatic N) is 5. The number of nitrogen functional groups attached to an aromatic ring is 1. The van der Waals surface area contributed by atoms with E-state index in [1.165, 1.54) is 24.4 Å². The number of pyridine rings is 1. The molecule has 0 aliphatic carbocycles. The van der Waals surface area contributed by atoms with E-state index >= 15 is 0 Å². The number of unbranched alkanes of at least 4 members (excludes halogenated alkanes) is 2. The maximum absolute atomic E-state index is 12.9. The molecule has 11 nitrogen and oxygen atoms in total. The summed E-state index contributed by atoms with van der Waals surface area (Å²) in [5, 5.41) is 6.10. The molecule has 1 aromatic carbocycles. The molecule has 4 aromatic rings. The first-order valence-electron chi connectivity index (χ1n) is 15.4. The molecule has 1 aliphatic heterocycles. The fourth-order valence-corrected chi connectivity index (χ4v) is 5.78. The largest absolute Gasteiger partial charge is 0.382 e.